The molecule has 1 saturated heterocycles. The van der Waals surface area contributed by atoms with Crippen LogP contribution in [0.1, 0.15) is 49.3 Å². The summed E-state index contributed by atoms with van der Waals surface area (Å²) in [6, 6.07) is 12.9. The Morgan fingerprint density at radius 1 is 1.18 bits per heavy atom. The molecule has 0 radical (unpaired) electrons. The number of piperidine rings is 1. The van der Waals surface area contributed by atoms with Crippen LogP contribution in [0.15, 0.2) is 53.0 Å². The van der Waals surface area contributed by atoms with Gasteiger partial charge in [-0.2, -0.15) is 5.26 Å². The molecule has 1 unspecified atom stereocenters. The zero-order valence-electron chi connectivity index (χ0n) is 19.9. The Hall–Kier alpha value is -3.99. The molecule has 0 aromatic heterocycles. The van der Waals surface area contributed by atoms with E-state index in [4.69, 9.17) is 27.2 Å². The molecule has 8 nitrogen and oxygen atoms in total. The zero-order valence-corrected chi connectivity index (χ0v) is 19.9. The fourth-order valence-corrected chi connectivity index (χ4v) is 4.18. The number of hydrogen-bond donors (Lipinski definition) is 3. The van der Waals surface area contributed by atoms with Crippen LogP contribution in [0.3, 0.4) is 0 Å². The predicted octanol–water partition coefficient (Wildman–Crippen LogP) is 3.37. The van der Waals surface area contributed by atoms with Crippen LogP contribution in [-0.2, 0) is 4.79 Å². The quantitative estimate of drug-likeness (QED) is 0.250. The number of nitrogens with zero attached hydrogens (tertiary/aromatic N) is 3. The van der Waals surface area contributed by atoms with Crippen LogP contribution in [0.5, 0.6) is 11.5 Å². The number of carbonyl (C=O) groups is 1. The van der Waals surface area contributed by atoms with Gasteiger partial charge in [0.25, 0.3) is 5.91 Å². The molecular weight excluding hydrogens is 428 g/mol. The van der Waals surface area contributed by atoms with Gasteiger partial charge in [0.05, 0.1) is 18.3 Å². The van der Waals surface area contributed by atoms with E-state index in [1.807, 2.05) is 18.2 Å². The first-order valence-electron chi connectivity index (χ1n) is 11.4. The molecule has 1 atom stereocenters. The van der Waals surface area contributed by atoms with Crippen LogP contribution in [0.2, 0.25) is 0 Å². The van der Waals surface area contributed by atoms with Gasteiger partial charge in [-0.05, 0) is 61.1 Å². The molecule has 1 aliphatic heterocycles. The number of primary amides is 1. The Labute approximate surface area is 200 Å². The van der Waals surface area contributed by atoms with Gasteiger partial charge in [-0.15, -0.1) is 0 Å². The van der Waals surface area contributed by atoms with Gasteiger partial charge in [-0.3, -0.25) is 9.79 Å². The SMILES string of the molecule is Cc1cc(Oc2cccc(C(N)=C(C(N)=O)C(N)=NC3CCCN(C#N)C3)c2)ccc1C(C)C. The third kappa shape index (κ3) is 5.87. The average molecular weight is 461 g/mol. The second kappa shape index (κ2) is 10.8. The summed E-state index contributed by atoms with van der Waals surface area (Å²) < 4.78 is 6.04. The summed E-state index contributed by atoms with van der Waals surface area (Å²) in [6.07, 6.45) is 3.71. The van der Waals surface area contributed by atoms with Crippen molar-refractivity contribution in [3.63, 3.8) is 0 Å². The largest absolute Gasteiger partial charge is 0.457 e. The van der Waals surface area contributed by atoms with Gasteiger partial charge in [-0.25, -0.2) is 0 Å². The van der Waals surface area contributed by atoms with Crippen molar-refractivity contribution >= 4 is 17.4 Å². The average Bonchev–Trinajstić information content (AvgIpc) is 2.79. The van der Waals surface area contributed by atoms with Crippen LogP contribution < -0.4 is 21.9 Å². The molecule has 0 aliphatic carbocycles. The number of nitrogens with two attached hydrogens (primary N) is 3. The molecule has 0 spiro atoms. The molecule has 1 amide bonds. The molecule has 1 fully saturated rings. The Bertz CT molecular complexity index is 1160. The maximum Gasteiger partial charge on any atom is 0.254 e. The van der Waals surface area contributed by atoms with Gasteiger partial charge in [0, 0.05) is 12.1 Å². The minimum atomic E-state index is -0.766. The van der Waals surface area contributed by atoms with E-state index in [-0.39, 0.29) is 23.1 Å². The standard InChI is InChI=1S/C26H32N6O2/c1-16(2)22-10-9-21(12-17(22)3)34-20-8-4-6-18(13-20)24(28)23(26(30)33)25(29)31-19-7-5-11-32(14-19)15-27/h4,6,8-10,12-13,16,19H,5,7,11,14,28H2,1-3H3,(H2,29,31)(H2,30,33). The Morgan fingerprint density at radius 3 is 2.56 bits per heavy atom. The number of aliphatic imine (C=N–C) groups is 1. The molecule has 0 saturated carbocycles. The minimum Gasteiger partial charge on any atom is -0.457 e. The number of likely N-dealkylation sites (tertiary alicyclic amines) is 1. The monoisotopic (exact) mass is 460 g/mol. The number of ether oxygens (including phenoxy) is 1. The second-order valence-corrected chi connectivity index (χ2v) is 8.81. The molecule has 178 valence electrons. The molecule has 2 aromatic carbocycles. The summed E-state index contributed by atoms with van der Waals surface area (Å²) in [5.74, 6) is 0.905. The van der Waals surface area contributed by atoms with E-state index in [9.17, 15) is 4.79 Å². The topological polar surface area (TPSA) is 144 Å². The van der Waals surface area contributed by atoms with E-state index in [2.05, 4.69) is 38.0 Å². The number of rotatable bonds is 7. The van der Waals surface area contributed by atoms with Gasteiger partial charge >= 0.3 is 0 Å². The molecule has 2 aromatic rings. The Balaban J connectivity index is 1.88. The number of benzene rings is 2. The van der Waals surface area contributed by atoms with Gasteiger partial charge in [0.2, 0.25) is 0 Å². The number of amidine groups is 1. The number of carbonyl (C=O) groups excluding carboxylic acids is 1. The zero-order chi connectivity index (χ0) is 24.8. The van der Waals surface area contributed by atoms with Gasteiger partial charge in [0.15, 0.2) is 6.19 Å². The lowest BCUT2D eigenvalue weighted by Gasteiger charge is -2.26. The highest BCUT2D eigenvalue weighted by atomic mass is 16.5. The second-order valence-electron chi connectivity index (χ2n) is 8.81. The number of aryl methyl sites for hydroxylation is 1. The highest BCUT2D eigenvalue weighted by Crippen LogP contribution is 2.28. The highest BCUT2D eigenvalue weighted by molar-refractivity contribution is 6.24. The predicted molar refractivity (Wildman–Crippen MR) is 134 cm³/mol. The smallest absolute Gasteiger partial charge is 0.254 e. The maximum atomic E-state index is 12.2. The van der Waals surface area contributed by atoms with Crippen molar-refractivity contribution in [1.82, 2.24) is 4.90 Å². The molecule has 6 N–H and O–H groups in total. The maximum absolute atomic E-state index is 12.2. The van der Waals surface area contributed by atoms with E-state index >= 15 is 0 Å². The minimum absolute atomic E-state index is 0.0268. The molecule has 1 aliphatic rings. The summed E-state index contributed by atoms with van der Waals surface area (Å²) >= 11 is 0. The van der Waals surface area contributed by atoms with E-state index in [1.54, 1.807) is 23.1 Å². The van der Waals surface area contributed by atoms with Crippen molar-refractivity contribution in [3.8, 4) is 17.7 Å². The molecular formula is C26H32N6O2. The molecule has 0 bridgehead atoms. The fourth-order valence-electron chi connectivity index (χ4n) is 4.18. The van der Waals surface area contributed by atoms with E-state index in [1.165, 1.54) is 5.56 Å². The summed E-state index contributed by atoms with van der Waals surface area (Å²) in [7, 11) is 0. The summed E-state index contributed by atoms with van der Waals surface area (Å²) in [5, 5.41) is 9.14. The van der Waals surface area contributed by atoms with E-state index in [0.29, 0.717) is 36.1 Å². The van der Waals surface area contributed by atoms with Crippen molar-refractivity contribution in [2.75, 3.05) is 13.1 Å². The lowest BCUT2D eigenvalue weighted by atomic mass is 9.98. The number of amides is 1. The van der Waals surface area contributed by atoms with Gasteiger partial charge in [-0.1, -0.05) is 32.0 Å². The lowest BCUT2D eigenvalue weighted by molar-refractivity contribution is -0.114. The van der Waals surface area contributed by atoms with Crippen molar-refractivity contribution < 1.29 is 9.53 Å². The fraction of sp³-hybridized carbons (Fsp3) is 0.346. The van der Waals surface area contributed by atoms with Crippen molar-refractivity contribution in [2.24, 2.45) is 22.2 Å². The summed E-state index contributed by atoms with van der Waals surface area (Å²) in [4.78, 5) is 18.3. The highest BCUT2D eigenvalue weighted by Gasteiger charge is 2.22. The summed E-state index contributed by atoms with van der Waals surface area (Å²) in [6.45, 7) is 7.50. The van der Waals surface area contributed by atoms with Gasteiger partial charge in [0.1, 0.15) is 22.9 Å². The molecule has 8 heteroatoms. The Morgan fingerprint density at radius 2 is 1.91 bits per heavy atom. The number of hydrogen-bond acceptors (Lipinski definition) is 6. The van der Waals surface area contributed by atoms with E-state index in [0.717, 1.165) is 18.4 Å². The van der Waals surface area contributed by atoms with E-state index < -0.39 is 5.91 Å². The summed E-state index contributed by atoms with van der Waals surface area (Å²) in [5.41, 5.74) is 21.2. The van der Waals surface area contributed by atoms with Crippen LogP contribution in [0.25, 0.3) is 5.70 Å². The Kier molecular flexibility index (Phi) is 7.79. The van der Waals surface area contributed by atoms with Crippen LogP contribution >= 0.6 is 0 Å². The lowest BCUT2D eigenvalue weighted by Crippen LogP contribution is -2.37. The molecule has 1 heterocycles. The van der Waals surface area contributed by atoms with Crippen molar-refractivity contribution in [2.45, 2.75) is 45.6 Å². The molecule has 34 heavy (non-hydrogen) atoms. The van der Waals surface area contributed by atoms with Crippen LogP contribution in [0, 0.1) is 18.4 Å². The number of nitriles is 1. The van der Waals surface area contributed by atoms with Gasteiger partial charge < -0.3 is 26.8 Å². The molecule has 3 rings (SSSR count). The first-order chi connectivity index (χ1) is 16.2. The van der Waals surface area contributed by atoms with Crippen LogP contribution in [0.4, 0.5) is 0 Å². The first kappa shape index (κ1) is 24.6. The third-order valence-electron chi connectivity index (χ3n) is 5.88. The normalized spacial score (nSPS) is 17.2. The third-order valence-corrected chi connectivity index (χ3v) is 5.88. The van der Waals surface area contributed by atoms with Crippen LogP contribution in [-0.4, -0.2) is 35.8 Å². The van der Waals surface area contributed by atoms with Crippen molar-refractivity contribution in [3.05, 3.63) is 64.7 Å². The first-order valence-corrected chi connectivity index (χ1v) is 11.4. The van der Waals surface area contributed by atoms with Crippen molar-refractivity contribution in [1.29, 1.82) is 5.26 Å².